The van der Waals surface area contributed by atoms with Crippen LogP contribution < -0.4 is 10.2 Å². The van der Waals surface area contributed by atoms with Crippen LogP contribution in [0.4, 0.5) is 0 Å². The minimum Gasteiger partial charge on any atom is -0.492 e. The number of carbonyl (C=O) groups excluding carboxylic acids is 1. The van der Waals surface area contributed by atoms with E-state index in [0.717, 1.165) is 19.0 Å². The lowest BCUT2D eigenvalue weighted by Gasteiger charge is -2.10. The summed E-state index contributed by atoms with van der Waals surface area (Å²) in [4.78, 5) is 12.0. The molecule has 0 aliphatic rings. The Morgan fingerprint density at radius 3 is 2.70 bits per heavy atom. The maximum atomic E-state index is 12.0. The van der Waals surface area contributed by atoms with Gasteiger partial charge in [0.05, 0.1) is 17.3 Å². The number of benzene rings is 2. The second kappa shape index (κ2) is 8.61. The van der Waals surface area contributed by atoms with Gasteiger partial charge in [-0.3, -0.25) is 4.79 Å². The molecular weight excluding hydrogens is 492 g/mol. The van der Waals surface area contributed by atoms with Crippen LogP contribution in [0.25, 0.3) is 0 Å². The van der Waals surface area contributed by atoms with Crippen LogP contribution in [0.5, 0.6) is 5.75 Å². The van der Waals surface area contributed by atoms with E-state index >= 15 is 0 Å². The molecule has 1 amide bonds. The summed E-state index contributed by atoms with van der Waals surface area (Å²) in [6.45, 7) is 2.44. The van der Waals surface area contributed by atoms with E-state index in [-0.39, 0.29) is 5.91 Å². The molecule has 23 heavy (non-hydrogen) atoms. The van der Waals surface area contributed by atoms with Gasteiger partial charge in [0.2, 0.25) is 0 Å². The van der Waals surface area contributed by atoms with Crippen LogP contribution in [0.3, 0.4) is 0 Å². The number of carbonyl (C=O) groups is 1. The fourth-order valence-electron chi connectivity index (χ4n) is 1.83. The summed E-state index contributed by atoms with van der Waals surface area (Å²) < 4.78 is 8.14. The maximum absolute atomic E-state index is 12.0. The molecule has 0 unspecified atom stereocenters. The fraction of sp³-hybridized carbons (Fsp3) is 0.125. The standard InChI is InChI=1S/C16H13Br3N2O2/c1-2-23-15-11(7-13(18)8-14(15)19)9-20-21-16(22)10-4-3-5-12(17)6-10/h3-9H,2H2,1H3,(H,21,22)/b20-9-. The van der Waals surface area contributed by atoms with Crippen molar-refractivity contribution in [1.82, 2.24) is 5.43 Å². The van der Waals surface area contributed by atoms with E-state index in [4.69, 9.17) is 4.74 Å². The predicted octanol–water partition coefficient (Wildman–Crippen LogP) is 5.14. The van der Waals surface area contributed by atoms with Crippen molar-refractivity contribution >= 4 is 59.9 Å². The molecule has 2 aromatic rings. The molecule has 0 bridgehead atoms. The SMILES string of the molecule is CCOc1c(Br)cc(Br)cc1/C=N\NC(=O)c1cccc(Br)c1. The largest absolute Gasteiger partial charge is 0.492 e. The zero-order valence-corrected chi connectivity index (χ0v) is 16.9. The molecule has 0 saturated heterocycles. The molecule has 0 aliphatic carbocycles. The van der Waals surface area contributed by atoms with Gasteiger partial charge in [-0.25, -0.2) is 5.43 Å². The highest BCUT2D eigenvalue weighted by molar-refractivity contribution is 9.11. The van der Waals surface area contributed by atoms with E-state index in [0.29, 0.717) is 17.9 Å². The summed E-state index contributed by atoms with van der Waals surface area (Å²) >= 11 is 10.2. The van der Waals surface area contributed by atoms with Gasteiger partial charge in [0, 0.05) is 20.1 Å². The van der Waals surface area contributed by atoms with Crippen molar-refractivity contribution in [3.8, 4) is 5.75 Å². The minimum atomic E-state index is -0.283. The average Bonchev–Trinajstić information content (AvgIpc) is 2.50. The first kappa shape index (κ1) is 18.2. The number of hydrogen-bond acceptors (Lipinski definition) is 3. The number of ether oxygens (including phenoxy) is 1. The van der Waals surface area contributed by atoms with Gasteiger partial charge < -0.3 is 4.74 Å². The lowest BCUT2D eigenvalue weighted by molar-refractivity contribution is 0.0955. The van der Waals surface area contributed by atoms with Crippen molar-refractivity contribution in [2.24, 2.45) is 5.10 Å². The monoisotopic (exact) mass is 502 g/mol. The second-order valence-corrected chi connectivity index (χ2v) is 7.13. The zero-order chi connectivity index (χ0) is 16.8. The van der Waals surface area contributed by atoms with Crippen molar-refractivity contribution in [3.05, 3.63) is 60.9 Å². The summed E-state index contributed by atoms with van der Waals surface area (Å²) in [5.41, 5.74) is 3.78. The molecule has 2 rings (SSSR count). The van der Waals surface area contributed by atoms with Crippen LogP contribution >= 0.6 is 47.8 Å². The molecule has 4 nitrogen and oxygen atoms in total. The van der Waals surface area contributed by atoms with E-state index in [1.54, 1.807) is 24.4 Å². The predicted molar refractivity (Wildman–Crippen MR) is 102 cm³/mol. The Hall–Kier alpha value is -1.18. The highest BCUT2D eigenvalue weighted by Gasteiger charge is 2.09. The van der Waals surface area contributed by atoms with Crippen molar-refractivity contribution in [3.63, 3.8) is 0 Å². The van der Waals surface area contributed by atoms with Gasteiger partial charge in [0.25, 0.3) is 5.91 Å². The first-order valence-corrected chi connectivity index (χ1v) is 9.10. The highest BCUT2D eigenvalue weighted by atomic mass is 79.9. The van der Waals surface area contributed by atoms with E-state index in [2.05, 4.69) is 58.3 Å². The first-order valence-electron chi connectivity index (χ1n) is 6.72. The van der Waals surface area contributed by atoms with E-state index < -0.39 is 0 Å². The van der Waals surface area contributed by atoms with Crippen LogP contribution in [0, 0.1) is 0 Å². The van der Waals surface area contributed by atoms with Crippen molar-refractivity contribution < 1.29 is 9.53 Å². The smallest absolute Gasteiger partial charge is 0.271 e. The number of rotatable bonds is 5. The van der Waals surface area contributed by atoms with Crippen LogP contribution in [-0.4, -0.2) is 18.7 Å². The Morgan fingerprint density at radius 2 is 2.00 bits per heavy atom. The molecule has 0 heterocycles. The topological polar surface area (TPSA) is 50.7 Å². The number of hydrogen-bond donors (Lipinski definition) is 1. The molecule has 0 saturated carbocycles. The van der Waals surface area contributed by atoms with Gasteiger partial charge >= 0.3 is 0 Å². The third kappa shape index (κ3) is 5.16. The molecule has 0 atom stereocenters. The van der Waals surface area contributed by atoms with Gasteiger partial charge in [-0.15, -0.1) is 0 Å². The third-order valence-electron chi connectivity index (χ3n) is 2.78. The Balaban J connectivity index is 2.15. The summed E-state index contributed by atoms with van der Waals surface area (Å²) in [6.07, 6.45) is 1.55. The summed E-state index contributed by atoms with van der Waals surface area (Å²) in [6, 6.07) is 10.9. The van der Waals surface area contributed by atoms with Crippen molar-refractivity contribution in [2.75, 3.05) is 6.61 Å². The molecule has 0 fully saturated rings. The van der Waals surface area contributed by atoms with E-state index in [9.17, 15) is 4.79 Å². The number of hydrazone groups is 1. The molecule has 1 N–H and O–H groups in total. The normalized spacial score (nSPS) is 10.8. The summed E-state index contributed by atoms with van der Waals surface area (Å²) in [5.74, 6) is 0.394. The van der Waals surface area contributed by atoms with Crippen LogP contribution in [-0.2, 0) is 0 Å². The van der Waals surface area contributed by atoms with Gasteiger partial charge in [-0.05, 0) is 53.2 Å². The Bertz CT molecular complexity index is 748. The summed E-state index contributed by atoms with van der Waals surface area (Å²) in [5, 5.41) is 4.01. The summed E-state index contributed by atoms with van der Waals surface area (Å²) in [7, 11) is 0. The lowest BCUT2D eigenvalue weighted by Crippen LogP contribution is -2.17. The average molecular weight is 505 g/mol. The maximum Gasteiger partial charge on any atom is 0.271 e. The molecule has 0 aromatic heterocycles. The quantitative estimate of drug-likeness (QED) is 0.453. The second-order valence-electron chi connectivity index (χ2n) is 4.45. The Kier molecular flexibility index (Phi) is 6.80. The van der Waals surface area contributed by atoms with Gasteiger partial charge in [0.15, 0.2) is 0 Å². The molecular formula is C16H13Br3N2O2. The number of nitrogens with zero attached hydrogens (tertiary/aromatic N) is 1. The van der Waals surface area contributed by atoms with Gasteiger partial charge in [-0.1, -0.05) is 37.9 Å². The minimum absolute atomic E-state index is 0.283. The molecule has 0 spiro atoms. The molecule has 0 aliphatic heterocycles. The van der Waals surface area contributed by atoms with Gasteiger partial charge in [-0.2, -0.15) is 5.10 Å². The van der Waals surface area contributed by atoms with E-state index in [1.165, 1.54) is 0 Å². The Labute approximate surface area is 159 Å². The molecule has 0 radical (unpaired) electrons. The molecule has 7 heteroatoms. The highest BCUT2D eigenvalue weighted by Crippen LogP contribution is 2.32. The van der Waals surface area contributed by atoms with Crippen LogP contribution in [0.1, 0.15) is 22.8 Å². The van der Waals surface area contributed by atoms with E-state index in [1.807, 2.05) is 25.1 Å². The first-order chi connectivity index (χ1) is 11.0. The number of nitrogens with one attached hydrogen (secondary N) is 1. The van der Waals surface area contributed by atoms with Crippen molar-refractivity contribution in [2.45, 2.75) is 6.92 Å². The molecule has 120 valence electrons. The lowest BCUT2D eigenvalue weighted by atomic mass is 10.2. The Morgan fingerprint density at radius 1 is 1.22 bits per heavy atom. The zero-order valence-electron chi connectivity index (χ0n) is 12.1. The van der Waals surface area contributed by atoms with Crippen LogP contribution in [0.2, 0.25) is 0 Å². The van der Waals surface area contributed by atoms with Gasteiger partial charge in [0.1, 0.15) is 5.75 Å². The third-order valence-corrected chi connectivity index (χ3v) is 4.32. The van der Waals surface area contributed by atoms with Crippen LogP contribution in [0.15, 0.2) is 54.9 Å². The number of halogens is 3. The van der Waals surface area contributed by atoms with Crippen molar-refractivity contribution in [1.29, 1.82) is 0 Å². The fourth-order valence-corrected chi connectivity index (χ4v) is 3.60. The molecule has 2 aromatic carbocycles. The number of amides is 1.